The van der Waals surface area contributed by atoms with Crippen molar-refractivity contribution < 1.29 is 91.2 Å². The summed E-state index contributed by atoms with van der Waals surface area (Å²) in [5, 5.41) is 36.3. The van der Waals surface area contributed by atoms with Gasteiger partial charge in [-0.1, -0.05) is 32.8 Å². The van der Waals surface area contributed by atoms with E-state index in [1.807, 2.05) is 25.6 Å². The summed E-state index contributed by atoms with van der Waals surface area (Å²) in [6.45, 7) is 8.69. The molecule has 0 bridgehead atoms. The first-order chi connectivity index (χ1) is 46.8. The predicted molar refractivity (Wildman–Crippen MR) is 360 cm³/mol. The molecule has 3 aliphatic heterocycles. The monoisotopic (exact) mass is 1400 g/mol. The number of urea groups is 1. The number of aliphatic hydroxyl groups is 1. The topological polar surface area (TPSA) is 392 Å². The van der Waals surface area contributed by atoms with Gasteiger partial charge in [0.15, 0.2) is 5.78 Å². The second-order valence-electron chi connectivity index (χ2n) is 24.8. The van der Waals surface area contributed by atoms with Crippen LogP contribution in [0.1, 0.15) is 171 Å². The Balaban J connectivity index is 0.937. The number of aliphatic hydroxyl groups excluding tert-OH is 1. The lowest BCUT2D eigenvalue weighted by Crippen LogP contribution is -2.47. The number of allylic oxidation sites excluding steroid dienone is 2. The Morgan fingerprint density at radius 3 is 1.86 bits per heavy atom. The number of thioether (sulfide) groups is 1. The van der Waals surface area contributed by atoms with E-state index in [-0.39, 0.29) is 157 Å². The molecular weight excluding hydrogens is 1300 g/mol. The molecule has 3 saturated heterocycles. The maximum Gasteiger partial charge on any atom is 0.333 e. The number of carbonyl (C=O) groups excluding carboxylic acids is 12. The van der Waals surface area contributed by atoms with Gasteiger partial charge in [0.05, 0.1) is 81.9 Å². The van der Waals surface area contributed by atoms with Crippen molar-refractivity contribution in [2.45, 2.75) is 185 Å². The van der Waals surface area contributed by atoms with Crippen molar-refractivity contribution in [2.75, 3.05) is 111 Å². The molecule has 10 amide bonds. The number of nitrogens with zero attached hydrogens (tertiary/aromatic N) is 2. The number of imide groups is 1. The van der Waals surface area contributed by atoms with Crippen LogP contribution in [-0.2, 0) is 76.5 Å². The molecule has 3 fully saturated rings. The standard InChI is InChI=1S/C66H102N10O19S2/c1-66(2)43-49(77)60(50(78)44-66)46(67-30-34-92-38-39-93-35-31-72-64(88)62(86)52-18-12-42-96-52)15-5-7-19-53(79)68-27-11-9-16-47(73-56(82)23-22-55(81)69-26-10-3-4-21-59(85)95-76-57(83)24-25-58(76)84)63(87)71-29-14-33-91-37-41-94-40-36-90-32-13-28-70-54(80)20-8-6-17-51-61-48(45-97-51)74-65(89)75-61/h12,18,42,47-48,51,61,77H,3-11,13-17,19-41,43-45H2,1-2H3,(H,68,79)(H,69,81)(H,70,80)(H,71,87)(H,72,88)(H,73,82)(H2,74,75,89)/t47-,48-,51-,61-/m0/s1. The molecule has 0 spiro atoms. The fourth-order valence-corrected chi connectivity index (χ4v) is 13.1. The number of ketones is 2. The van der Waals surface area contributed by atoms with Crippen LogP contribution in [0, 0.1) is 5.41 Å². The maximum absolute atomic E-state index is 13.5. The molecule has 97 heavy (non-hydrogen) atoms. The number of amides is 10. The lowest BCUT2D eigenvalue weighted by atomic mass is 9.75. The fourth-order valence-electron chi connectivity index (χ4n) is 10.9. The molecule has 1 aromatic heterocycles. The Bertz CT molecular complexity index is 2770. The van der Waals surface area contributed by atoms with Crippen LogP contribution in [0.25, 0.3) is 0 Å². The number of fused-ring (bicyclic) bond motifs is 1. The molecule has 4 heterocycles. The molecule has 1 aromatic rings. The maximum atomic E-state index is 13.5. The summed E-state index contributed by atoms with van der Waals surface area (Å²) < 4.78 is 28.1. The average Bonchev–Trinajstić information content (AvgIpc) is 1.61. The van der Waals surface area contributed by atoms with Gasteiger partial charge >= 0.3 is 12.0 Å². The van der Waals surface area contributed by atoms with Crippen LogP contribution in [0.15, 0.2) is 33.8 Å². The van der Waals surface area contributed by atoms with Crippen LogP contribution in [-0.4, -0.2) is 221 Å². The Labute approximate surface area is 576 Å². The molecule has 31 heteroatoms. The van der Waals surface area contributed by atoms with Gasteiger partial charge in [0.25, 0.3) is 23.5 Å². The summed E-state index contributed by atoms with van der Waals surface area (Å²) in [4.78, 5) is 159. The first kappa shape index (κ1) is 80.8. The lowest BCUT2D eigenvalue weighted by molar-refractivity contribution is -0.197. The Morgan fingerprint density at radius 1 is 0.619 bits per heavy atom. The SMILES string of the molecule is CC1(C)CC(=O)C(C(CCCCC(=O)NCCCC[C@H](NC(=O)CCC(=O)NCCCCCC(=O)ON2C(=O)CCC2=O)C(=O)NCCCOCCOCCOCCCNC(=O)CCCC[C@@H]2SC[C@@H]3NC(=O)N[C@@H]32)=NCCOCCOCCNC(=O)C(=O)c2cccs2)=C(O)C1. The Kier molecular flexibility index (Phi) is 38.6. The molecule has 4 atom stereocenters. The summed E-state index contributed by atoms with van der Waals surface area (Å²) in [5.41, 5.74) is 0.267. The normalized spacial score (nSPS) is 17.7. The summed E-state index contributed by atoms with van der Waals surface area (Å²) in [5.74, 6) is -3.85. The van der Waals surface area contributed by atoms with E-state index >= 15 is 0 Å². The zero-order chi connectivity index (χ0) is 70.1. The van der Waals surface area contributed by atoms with E-state index in [0.29, 0.717) is 151 Å². The van der Waals surface area contributed by atoms with E-state index in [9.17, 15) is 62.6 Å². The van der Waals surface area contributed by atoms with Crippen LogP contribution in [0.3, 0.4) is 0 Å². The third-order valence-electron chi connectivity index (χ3n) is 16.0. The largest absolute Gasteiger partial charge is 0.511 e. The van der Waals surface area contributed by atoms with Crippen LogP contribution in [0.2, 0.25) is 0 Å². The zero-order valence-corrected chi connectivity index (χ0v) is 58.0. The number of hydrogen-bond donors (Lipinski definition) is 9. The van der Waals surface area contributed by atoms with Crippen molar-refractivity contribution in [2.24, 2.45) is 10.4 Å². The highest BCUT2D eigenvalue weighted by atomic mass is 32.2. The van der Waals surface area contributed by atoms with Gasteiger partial charge in [-0.3, -0.25) is 52.9 Å². The minimum atomic E-state index is -0.926. The number of carbonyl (C=O) groups is 12. The molecule has 0 unspecified atom stereocenters. The first-order valence-electron chi connectivity index (χ1n) is 34.2. The van der Waals surface area contributed by atoms with Gasteiger partial charge in [-0.05, 0) is 93.9 Å². The highest BCUT2D eigenvalue weighted by molar-refractivity contribution is 8.00. The van der Waals surface area contributed by atoms with Gasteiger partial charge in [0.1, 0.15) is 11.8 Å². The highest BCUT2D eigenvalue weighted by Crippen LogP contribution is 2.37. The van der Waals surface area contributed by atoms with Crippen molar-refractivity contribution in [1.29, 1.82) is 0 Å². The second-order valence-corrected chi connectivity index (χ2v) is 27.0. The zero-order valence-electron chi connectivity index (χ0n) is 56.3. The number of hydrogen-bond acceptors (Lipinski definition) is 22. The van der Waals surface area contributed by atoms with Crippen molar-refractivity contribution in [1.82, 2.24) is 47.6 Å². The fraction of sp³-hybridized carbons (Fsp3) is 0.712. The van der Waals surface area contributed by atoms with Gasteiger partial charge < -0.3 is 76.2 Å². The summed E-state index contributed by atoms with van der Waals surface area (Å²) in [6, 6.07) is 2.64. The van der Waals surface area contributed by atoms with E-state index in [1.165, 1.54) is 11.3 Å². The highest BCUT2D eigenvalue weighted by Gasteiger charge is 2.43. The number of hydroxylamine groups is 2. The third kappa shape index (κ3) is 33.0. The molecular formula is C66H102N10O19S2. The molecule has 542 valence electrons. The first-order valence-corrected chi connectivity index (χ1v) is 36.1. The molecule has 9 N–H and O–H groups in total. The van der Waals surface area contributed by atoms with Gasteiger partial charge in [0.2, 0.25) is 29.5 Å². The quantitative estimate of drug-likeness (QED) is 0.0111. The Hall–Kier alpha value is -6.90. The number of unbranched alkanes of at least 4 members (excludes halogenated alkanes) is 5. The van der Waals surface area contributed by atoms with Gasteiger partial charge in [-0.25, -0.2) is 9.59 Å². The minimum Gasteiger partial charge on any atom is -0.511 e. The van der Waals surface area contributed by atoms with Crippen LogP contribution in [0.4, 0.5) is 4.79 Å². The summed E-state index contributed by atoms with van der Waals surface area (Å²) in [7, 11) is 0. The number of nitrogens with one attached hydrogen (secondary N) is 8. The van der Waals surface area contributed by atoms with Gasteiger partial charge in [-0.2, -0.15) is 11.8 Å². The average molecular weight is 1400 g/mol. The second kappa shape index (κ2) is 46.4. The molecule has 0 aromatic carbocycles. The number of Topliss-reactive ketones (excluding diaryl/α,β-unsaturated/α-hetero) is 2. The third-order valence-corrected chi connectivity index (χ3v) is 18.4. The van der Waals surface area contributed by atoms with E-state index in [4.69, 9.17) is 28.5 Å². The summed E-state index contributed by atoms with van der Waals surface area (Å²) in [6.07, 6.45) is 8.77. The molecule has 0 radical (unpaired) electrons. The minimum absolute atomic E-state index is 0.00223. The predicted octanol–water partition coefficient (Wildman–Crippen LogP) is 3.91. The van der Waals surface area contributed by atoms with Crippen LogP contribution in [0.5, 0.6) is 0 Å². The Morgan fingerprint density at radius 2 is 1.20 bits per heavy atom. The number of ether oxygens (including phenoxy) is 5. The van der Waals surface area contributed by atoms with Crippen LogP contribution < -0.4 is 42.5 Å². The number of thiophene rings is 1. The molecule has 29 nitrogen and oxygen atoms in total. The number of rotatable bonds is 53. The van der Waals surface area contributed by atoms with Crippen molar-refractivity contribution in [3.63, 3.8) is 0 Å². The summed E-state index contributed by atoms with van der Waals surface area (Å²) >= 11 is 3.06. The molecule has 1 aliphatic carbocycles. The van der Waals surface area contributed by atoms with E-state index in [0.717, 1.165) is 25.0 Å². The number of aliphatic imine (C=N–C) groups is 1. The van der Waals surface area contributed by atoms with Crippen molar-refractivity contribution in [3.8, 4) is 0 Å². The lowest BCUT2D eigenvalue weighted by Gasteiger charge is -2.30. The molecule has 0 saturated carbocycles. The van der Waals surface area contributed by atoms with Gasteiger partial charge in [0, 0.05) is 120 Å². The van der Waals surface area contributed by atoms with Gasteiger partial charge in [-0.15, -0.1) is 16.4 Å². The van der Waals surface area contributed by atoms with Crippen LogP contribution >= 0.6 is 23.1 Å². The van der Waals surface area contributed by atoms with Crippen molar-refractivity contribution in [3.05, 3.63) is 33.7 Å². The van der Waals surface area contributed by atoms with Crippen molar-refractivity contribution >= 4 is 99.6 Å². The van der Waals surface area contributed by atoms with E-state index < -0.39 is 52.7 Å². The smallest absolute Gasteiger partial charge is 0.333 e. The molecule has 5 rings (SSSR count). The van der Waals surface area contributed by atoms with E-state index in [2.05, 4.69) is 47.5 Å². The van der Waals surface area contributed by atoms with E-state index in [1.54, 1.807) is 17.5 Å². The molecule has 4 aliphatic rings.